The van der Waals surface area contributed by atoms with Gasteiger partial charge in [0.05, 0.1) is 18.1 Å². The molecule has 2 N–H and O–H groups in total. The third-order valence-electron chi connectivity index (χ3n) is 2.48. The van der Waals surface area contributed by atoms with Crippen LogP contribution in [0.2, 0.25) is 0 Å². The fourth-order valence-electron chi connectivity index (χ4n) is 1.50. The van der Waals surface area contributed by atoms with Crippen LogP contribution >= 0.6 is 0 Å². The molecule has 7 nitrogen and oxygen atoms in total. The number of sulfonamides is 1. The normalized spacial score (nSPS) is 11.5. The minimum absolute atomic E-state index is 0.0115. The summed E-state index contributed by atoms with van der Waals surface area (Å²) in [5, 5.41) is 12.6. The lowest BCUT2D eigenvalue weighted by Crippen LogP contribution is -2.13. The second-order valence-corrected chi connectivity index (χ2v) is 5.66. The van der Waals surface area contributed by atoms with E-state index in [0.717, 1.165) is 6.20 Å². The van der Waals surface area contributed by atoms with Crippen LogP contribution in [-0.2, 0) is 16.6 Å². The minimum atomic E-state index is -3.90. The molecule has 0 amide bonds. The van der Waals surface area contributed by atoms with Crippen molar-refractivity contribution in [3.8, 4) is 0 Å². The molecule has 0 aromatic carbocycles. The lowest BCUT2D eigenvalue weighted by molar-refractivity contribution is 0.277. The lowest BCUT2D eigenvalue weighted by atomic mass is 10.4. The van der Waals surface area contributed by atoms with Gasteiger partial charge in [0.15, 0.2) is 5.82 Å². The Morgan fingerprint density at radius 1 is 1.40 bits per heavy atom. The number of aryl methyl sites for hydroxylation is 1. The Morgan fingerprint density at radius 3 is 2.90 bits per heavy atom. The van der Waals surface area contributed by atoms with Crippen LogP contribution < -0.4 is 4.72 Å². The van der Waals surface area contributed by atoms with Gasteiger partial charge in [0.25, 0.3) is 10.0 Å². The summed E-state index contributed by atoms with van der Waals surface area (Å²) in [7, 11) is -3.90. The van der Waals surface area contributed by atoms with Crippen LogP contribution in [0.15, 0.2) is 35.7 Å². The first kappa shape index (κ1) is 14.4. The van der Waals surface area contributed by atoms with E-state index < -0.39 is 15.8 Å². The van der Waals surface area contributed by atoms with E-state index in [2.05, 4.69) is 14.8 Å². The molecule has 0 aliphatic heterocycles. The number of aliphatic hydroxyl groups is 1. The Balaban J connectivity index is 2.18. The van der Waals surface area contributed by atoms with E-state index in [-0.39, 0.29) is 17.2 Å². The van der Waals surface area contributed by atoms with E-state index in [4.69, 9.17) is 5.11 Å². The van der Waals surface area contributed by atoms with Crippen molar-refractivity contribution in [3.05, 3.63) is 36.7 Å². The van der Waals surface area contributed by atoms with E-state index in [9.17, 15) is 12.8 Å². The van der Waals surface area contributed by atoms with Crippen molar-refractivity contribution in [2.24, 2.45) is 0 Å². The number of pyridine rings is 1. The highest BCUT2D eigenvalue weighted by Crippen LogP contribution is 2.17. The van der Waals surface area contributed by atoms with Crippen molar-refractivity contribution in [2.75, 3.05) is 11.3 Å². The monoisotopic (exact) mass is 300 g/mol. The predicted octanol–water partition coefficient (Wildman–Crippen LogP) is 0.600. The van der Waals surface area contributed by atoms with Gasteiger partial charge in [0, 0.05) is 25.5 Å². The summed E-state index contributed by atoms with van der Waals surface area (Å²) in [6, 6.07) is 1.23. The summed E-state index contributed by atoms with van der Waals surface area (Å²) >= 11 is 0. The molecule has 0 radical (unpaired) electrons. The summed E-state index contributed by atoms with van der Waals surface area (Å²) in [6.07, 6.45) is 5.15. The molecule has 2 aromatic heterocycles. The number of nitrogens with one attached hydrogen (secondary N) is 1. The molecule has 0 spiro atoms. The van der Waals surface area contributed by atoms with E-state index in [1.807, 2.05) is 0 Å². The third-order valence-corrected chi connectivity index (χ3v) is 3.80. The van der Waals surface area contributed by atoms with Crippen LogP contribution in [0.1, 0.15) is 6.42 Å². The van der Waals surface area contributed by atoms with Crippen molar-refractivity contribution < 1.29 is 17.9 Å². The minimum Gasteiger partial charge on any atom is -0.396 e. The van der Waals surface area contributed by atoms with Crippen molar-refractivity contribution in [3.63, 3.8) is 0 Å². The Bertz CT molecular complexity index is 686. The Hall–Kier alpha value is -2.00. The number of halogens is 1. The van der Waals surface area contributed by atoms with Crippen molar-refractivity contribution in [1.82, 2.24) is 14.8 Å². The van der Waals surface area contributed by atoms with E-state index in [0.29, 0.717) is 13.0 Å². The van der Waals surface area contributed by atoms with E-state index in [1.165, 1.54) is 29.3 Å². The summed E-state index contributed by atoms with van der Waals surface area (Å²) in [4.78, 5) is 3.46. The Morgan fingerprint density at radius 2 is 2.20 bits per heavy atom. The van der Waals surface area contributed by atoms with Gasteiger partial charge in [-0.15, -0.1) is 0 Å². The second kappa shape index (κ2) is 5.97. The molecule has 2 rings (SSSR count). The van der Waals surface area contributed by atoms with Gasteiger partial charge in [-0.1, -0.05) is 0 Å². The molecule has 2 heterocycles. The predicted molar refractivity (Wildman–Crippen MR) is 68.9 cm³/mol. The van der Waals surface area contributed by atoms with Gasteiger partial charge in [-0.2, -0.15) is 5.10 Å². The molecule has 0 fully saturated rings. The fraction of sp³-hybridized carbons (Fsp3) is 0.273. The zero-order valence-electron chi connectivity index (χ0n) is 10.4. The Kier molecular flexibility index (Phi) is 4.30. The smallest absolute Gasteiger partial charge is 0.265 e. The highest BCUT2D eigenvalue weighted by molar-refractivity contribution is 7.92. The Labute approximate surface area is 115 Å². The molecule has 0 bridgehead atoms. The van der Waals surface area contributed by atoms with Crippen molar-refractivity contribution >= 4 is 15.7 Å². The first-order valence-electron chi connectivity index (χ1n) is 5.78. The zero-order chi connectivity index (χ0) is 14.6. The topological polar surface area (TPSA) is 97.1 Å². The number of anilines is 1. The van der Waals surface area contributed by atoms with Crippen molar-refractivity contribution in [1.29, 1.82) is 0 Å². The first-order valence-corrected chi connectivity index (χ1v) is 7.27. The average molecular weight is 300 g/mol. The highest BCUT2D eigenvalue weighted by atomic mass is 32.2. The molecule has 0 atom stereocenters. The zero-order valence-corrected chi connectivity index (χ0v) is 11.2. The van der Waals surface area contributed by atoms with Crippen LogP contribution in [0.4, 0.5) is 10.1 Å². The molecule has 0 aliphatic rings. The van der Waals surface area contributed by atoms with Gasteiger partial charge < -0.3 is 5.11 Å². The van der Waals surface area contributed by atoms with Gasteiger partial charge >= 0.3 is 0 Å². The molecule has 0 unspecified atom stereocenters. The quantitative estimate of drug-likeness (QED) is 0.814. The molecule has 20 heavy (non-hydrogen) atoms. The van der Waals surface area contributed by atoms with Gasteiger partial charge in [0.2, 0.25) is 0 Å². The fourth-order valence-corrected chi connectivity index (χ4v) is 2.52. The van der Waals surface area contributed by atoms with Gasteiger partial charge in [0.1, 0.15) is 4.90 Å². The van der Waals surface area contributed by atoms with E-state index >= 15 is 0 Å². The number of rotatable bonds is 6. The molecule has 2 aromatic rings. The third kappa shape index (κ3) is 3.31. The number of aromatic nitrogens is 3. The van der Waals surface area contributed by atoms with Gasteiger partial charge in [-0.05, 0) is 12.5 Å². The van der Waals surface area contributed by atoms with E-state index in [1.54, 1.807) is 0 Å². The van der Waals surface area contributed by atoms with Crippen LogP contribution in [-0.4, -0.2) is 34.9 Å². The van der Waals surface area contributed by atoms with Crippen molar-refractivity contribution in [2.45, 2.75) is 17.9 Å². The van der Waals surface area contributed by atoms with Crippen LogP contribution in [0.25, 0.3) is 0 Å². The van der Waals surface area contributed by atoms with Crippen LogP contribution in [0.5, 0.6) is 0 Å². The maximum atomic E-state index is 13.4. The number of nitrogens with zero attached hydrogens (tertiary/aromatic N) is 3. The molecule has 0 saturated heterocycles. The largest absolute Gasteiger partial charge is 0.396 e. The standard InChI is InChI=1S/C11H13FN4O3S/c12-10-7-13-3-2-11(10)15-20(18,19)9-6-14-16(8-9)4-1-5-17/h2-3,6-8,17H,1,4-5H2,(H,13,15). The number of hydrogen-bond acceptors (Lipinski definition) is 5. The molecular formula is C11H13FN4O3S. The number of aliphatic hydroxyl groups excluding tert-OH is 1. The van der Waals surface area contributed by atoms with Crippen LogP contribution in [0.3, 0.4) is 0 Å². The second-order valence-electron chi connectivity index (χ2n) is 3.98. The molecule has 0 saturated carbocycles. The summed E-state index contributed by atoms with van der Waals surface area (Å²) < 4.78 is 41.0. The summed E-state index contributed by atoms with van der Waals surface area (Å²) in [5.41, 5.74) is -0.178. The van der Waals surface area contributed by atoms with Gasteiger partial charge in [-0.3, -0.25) is 14.4 Å². The lowest BCUT2D eigenvalue weighted by Gasteiger charge is -2.06. The molecule has 108 valence electrons. The maximum absolute atomic E-state index is 13.4. The molecule has 9 heteroatoms. The molecular weight excluding hydrogens is 287 g/mol. The summed E-state index contributed by atoms with van der Waals surface area (Å²) in [5.74, 6) is -0.760. The number of hydrogen-bond donors (Lipinski definition) is 2. The highest BCUT2D eigenvalue weighted by Gasteiger charge is 2.18. The first-order chi connectivity index (χ1) is 9.53. The van der Waals surface area contributed by atoms with Gasteiger partial charge in [-0.25, -0.2) is 12.8 Å². The SMILES string of the molecule is O=S(=O)(Nc1ccncc1F)c1cnn(CCCO)c1. The maximum Gasteiger partial charge on any atom is 0.265 e. The summed E-state index contributed by atoms with van der Waals surface area (Å²) in [6.45, 7) is 0.387. The molecule has 0 aliphatic carbocycles. The van der Waals surface area contributed by atoms with Crippen LogP contribution in [0, 0.1) is 5.82 Å². The average Bonchev–Trinajstić information content (AvgIpc) is 2.88.